The predicted octanol–water partition coefficient (Wildman–Crippen LogP) is 5.32. The zero-order valence-corrected chi connectivity index (χ0v) is 16.6. The van der Waals surface area contributed by atoms with Gasteiger partial charge in [0.15, 0.2) is 0 Å². The average Bonchev–Trinajstić information content (AvgIpc) is 2.73. The Morgan fingerprint density at radius 1 is 1.25 bits per heavy atom. The minimum Gasteiger partial charge on any atom is -0.380 e. The third-order valence-corrected chi connectivity index (χ3v) is 5.44. The van der Waals surface area contributed by atoms with Crippen LogP contribution in [0.1, 0.15) is 28.8 Å². The van der Waals surface area contributed by atoms with Crippen molar-refractivity contribution in [3.8, 4) is 11.1 Å². The molecule has 146 valence electrons. The highest BCUT2D eigenvalue weighted by atomic mass is 35.5. The summed E-state index contributed by atoms with van der Waals surface area (Å²) in [4.78, 5) is 17.5. The summed E-state index contributed by atoms with van der Waals surface area (Å²) < 4.78 is 5.27. The molecule has 7 heteroatoms. The van der Waals surface area contributed by atoms with Crippen molar-refractivity contribution in [1.82, 2.24) is 4.90 Å². The molecular weight excluding hydrogens is 376 g/mol. The van der Waals surface area contributed by atoms with Gasteiger partial charge in [-0.2, -0.15) is 0 Å². The van der Waals surface area contributed by atoms with E-state index in [1.54, 1.807) is 13.2 Å². The zero-order valence-electron chi connectivity index (χ0n) is 15.8. The second-order valence-corrected chi connectivity index (χ2v) is 7.34. The number of carbonyl (C=O) groups excluding carboxylic acids is 1. The molecule has 0 N–H and O–H groups in total. The molecule has 1 saturated heterocycles. The first-order valence-corrected chi connectivity index (χ1v) is 9.68. The number of benzene rings is 2. The van der Waals surface area contributed by atoms with Gasteiger partial charge in [-0.05, 0) is 47.6 Å². The van der Waals surface area contributed by atoms with Crippen LogP contribution in [-0.4, -0.2) is 37.6 Å². The lowest BCUT2D eigenvalue weighted by molar-refractivity contribution is 0.0693. The van der Waals surface area contributed by atoms with Crippen molar-refractivity contribution < 1.29 is 9.53 Å². The lowest BCUT2D eigenvalue weighted by Crippen LogP contribution is -2.39. The number of nitrogens with zero attached hydrogens (tertiary/aromatic N) is 4. The molecule has 0 spiro atoms. The molecule has 28 heavy (non-hydrogen) atoms. The van der Waals surface area contributed by atoms with Crippen molar-refractivity contribution in [2.75, 3.05) is 26.7 Å². The fraction of sp³-hybridized carbons (Fsp3) is 0.381. The highest BCUT2D eigenvalue weighted by Crippen LogP contribution is 2.32. The van der Waals surface area contributed by atoms with Gasteiger partial charge < -0.3 is 9.64 Å². The Hall–Kier alpha value is -2.53. The van der Waals surface area contributed by atoms with E-state index in [1.165, 1.54) is 0 Å². The number of hydrogen-bond acceptors (Lipinski definition) is 3. The van der Waals surface area contributed by atoms with E-state index < -0.39 is 0 Å². The maximum atomic E-state index is 12.9. The maximum Gasteiger partial charge on any atom is 0.253 e. The molecule has 2 aromatic carbocycles. The third kappa shape index (κ3) is 4.65. The summed E-state index contributed by atoms with van der Waals surface area (Å²) in [7, 11) is 1.66. The Morgan fingerprint density at radius 3 is 2.68 bits per heavy atom. The summed E-state index contributed by atoms with van der Waals surface area (Å²) in [6.45, 7) is 2.33. The maximum absolute atomic E-state index is 12.9. The minimum absolute atomic E-state index is 0.0131. The van der Waals surface area contributed by atoms with Gasteiger partial charge in [0, 0.05) is 47.8 Å². The number of ether oxygens (including phenoxy) is 1. The topological polar surface area (TPSA) is 78.3 Å². The van der Waals surface area contributed by atoms with Crippen molar-refractivity contribution >= 4 is 17.5 Å². The normalized spacial score (nSPS) is 14.6. The summed E-state index contributed by atoms with van der Waals surface area (Å²) >= 11 is 6.54. The number of amides is 1. The van der Waals surface area contributed by atoms with Crippen molar-refractivity contribution in [2.24, 2.45) is 11.0 Å². The molecule has 1 aliphatic rings. The van der Waals surface area contributed by atoms with Crippen LogP contribution in [0, 0.1) is 5.92 Å². The Morgan fingerprint density at radius 2 is 2.00 bits per heavy atom. The van der Waals surface area contributed by atoms with Crippen LogP contribution in [-0.2, 0) is 11.3 Å². The van der Waals surface area contributed by atoms with Crippen molar-refractivity contribution in [3.63, 3.8) is 0 Å². The van der Waals surface area contributed by atoms with E-state index in [-0.39, 0.29) is 5.91 Å². The van der Waals surface area contributed by atoms with Gasteiger partial charge in [0.1, 0.15) is 0 Å². The summed E-state index contributed by atoms with van der Waals surface area (Å²) in [5, 5.41) is 4.19. The molecule has 1 aliphatic heterocycles. The summed E-state index contributed by atoms with van der Waals surface area (Å²) in [6, 6.07) is 13.4. The van der Waals surface area contributed by atoms with Gasteiger partial charge >= 0.3 is 0 Å². The fourth-order valence-electron chi connectivity index (χ4n) is 3.58. The van der Waals surface area contributed by atoms with Gasteiger partial charge in [0.25, 0.3) is 5.91 Å². The first-order valence-electron chi connectivity index (χ1n) is 9.31. The molecule has 1 heterocycles. The zero-order chi connectivity index (χ0) is 19.9. The molecular formula is C21H23ClN4O2. The molecule has 6 nitrogen and oxygen atoms in total. The Balaban J connectivity index is 1.74. The number of rotatable bonds is 6. The molecule has 0 aliphatic carbocycles. The number of piperidine rings is 1. The number of carbonyl (C=O) groups is 1. The van der Waals surface area contributed by atoms with E-state index in [2.05, 4.69) is 10.0 Å². The molecule has 1 amide bonds. The lowest BCUT2D eigenvalue weighted by Gasteiger charge is -2.31. The Bertz CT molecular complexity index is 888. The smallest absolute Gasteiger partial charge is 0.253 e. The van der Waals surface area contributed by atoms with Crippen LogP contribution in [0.3, 0.4) is 0 Å². The highest BCUT2D eigenvalue weighted by Gasteiger charge is 2.24. The van der Waals surface area contributed by atoms with Gasteiger partial charge in [-0.3, -0.25) is 4.79 Å². The second-order valence-electron chi connectivity index (χ2n) is 6.93. The van der Waals surface area contributed by atoms with Crippen LogP contribution in [0.25, 0.3) is 21.6 Å². The van der Waals surface area contributed by atoms with E-state index in [0.717, 1.165) is 29.5 Å². The van der Waals surface area contributed by atoms with Crippen molar-refractivity contribution in [2.45, 2.75) is 19.4 Å². The summed E-state index contributed by atoms with van der Waals surface area (Å²) in [5.74, 6) is 0.337. The third-order valence-electron chi connectivity index (χ3n) is 5.13. The van der Waals surface area contributed by atoms with Crippen LogP contribution in [0.2, 0.25) is 5.02 Å². The van der Waals surface area contributed by atoms with Gasteiger partial charge in [-0.15, -0.1) is 0 Å². The SMILES string of the molecule is COCc1ccccc1-c1ccc(C(=O)N2CCC(CN=[N+]=[N-])CC2)cc1Cl. The standard InChI is InChI=1S/C21H23ClN4O2/c1-28-14-17-4-2-3-5-18(17)19-7-6-16(12-20(19)22)21(27)26-10-8-15(9-11-26)13-24-25-23/h2-7,12,15H,8-11,13-14H2,1H3. The molecule has 0 atom stereocenters. The van der Waals surface area contributed by atoms with E-state index >= 15 is 0 Å². The summed E-state index contributed by atoms with van der Waals surface area (Å²) in [5.41, 5.74) is 12.0. The van der Waals surface area contributed by atoms with Crippen LogP contribution in [0.15, 0.2) is 47.6 Å². The first-order chi connectivity index (χ1) is 13.6. The van der Waals surface area contributed by atoms with Crippen LogP contribution in [0.5, 0.6) is 0 Å². The summed E-state index contributed by atoms with van der Waals surface area (Å²) in [6.07, 6.45) is 1.70. The highest BCUT2D eigenvalue weighted by molar-refractivity contribution is 6.33. The van der Waals surface area contributed by atoms with E-state index in [0.29, 0.717) is 42.7 Å². The molecule has 0 radical (unpaired) electrons. The van der Waals surface area contributed by atoms with E-state index in [4.69, 9.17) is 21.9 Å². The van der Waals surface area contributed by atoms with Crippen molar-refractivity contribution in [1.29, 1.82) is 0 Å². The Labute approximate surface area is 169 Å². The first kappa shape index (κ1) is 20.2. The molecule has 0 unspecified atom stereocenters. The van der Waals surface area contributed by atoms with Crippen LogP contribution >= 0.6 is 11.6 Å². The number of methoxy groups -OCH3 is 1. The Kier molecular flexibility index (Phi) is 6.93. The molecule has 3 rings (SSSR count). The second kappa shape index (κ2) is 9.60. The molecule has 0 bridgehead atoms. The number of azide groups is 1. The molecule has 1 fully saturated rings. The molecule has 0 aromatic heterocycles. The fourth-order valence-corrected chi connectivity index (χ4v) is 3.87. The van der Waals surface area contributed by atoms with Crippen molar-refractivity contribution in [3.05, 3.63) is 69.1 Å². The van der Waals surface area contributed by atoms with Crippen LogP contribution in [0.4, 0.5) is 0 Å². The van der Waals surface area contributed by atoms with Gasteiger partial charge in [-0.1, -0.05) is 47.0 Å². The lowest BCUT2D eigenvalue weighted by atomic mass is 9.96. The number of halogens is 1. The monoisotopic (exact) mass is 398 g/mol. The van der Waals surface area contributed by atoms with Crippen LogP contribution < -0.4 is 0 Å². The van der Waals surface area contributed by atoms with Gasteiger partial charge in [-0.25, -0.2) is 0 Å². The molecule has 0 saturated carbocycles. The van der Waals surface area contributed by atoms with Gasteiger partial charge in [0.2, 0.25) is 0 Å². The molecule has 2 aromatic rings. The largest absolute Gasteiger partial charge is 0.380 e. The quantitative estimate of drug-likeness (QED) is 0.375. The average molecular weight is 399 g/mol. The minimum atomic E-state index is -0.0131. The predicted molar refractivity (Wildman–Crippen MR) is 110 cm³/mol. The van der Waals surface area contributed by atoms with E-state index in [9.17, 15) is 4.79 Å². The van der Waals surface area contributed by atoms with E-state index in [1.807, 2.05) is 41.3 Å². The van der Waals surface area contributed by atoms with Gasteiger partial charge in [0.05, 0.1) is 6.61 Å². The number of likely N-dealkylation sites (tertiary alicyclic amines) is 1. The number of hydrogen-bond donors (Lipinski definition) is 0.